The van der Waals surface area contributed by atoms with Crippen molar-refractivity contribution in [3.05, 3.63) is 11.6 Å². The second-order valence-electron chi connectivity index (χ2n) is 4.99. The van der Waals surface area contributed by atoms with Gasteiger partial charge in [-0.05, 0) is 30.6 Å². The van der Waals surface area contributed by atoms with Crippen LogP contribution in [0, 0.1) is 23.2 Å². The first-order chi connectivity index (χ1) is 5.94. The summed E-state index contributed by atoms with van der Waals surface area (Å²) in [7, 11) is 0. The van der Waals surface area contributed by atoms with Crippen LogP contribution in [0.15, 0.2) is 11.6 Å². The summed E-state index contributed by atoms with van der Waals surface area (Å²) in [6.45, 7) is 6.45. The summed E-state index contributed by atoms with van der Waals surface area (Å²) >= 11 is 0. The van der Waals surface area contributed by atoms with E-state index in [4.69, 9.17) is 5.11 Å². The number of hydrogen-bond acceptors (Lipinski definition) is 1. The lowest BCUT2D eigenvalue weighted by molar-refractivity contribution is -0.150. The van der Waals surface area contributed by atoms with Gasteiger partial charge >= 0.3 is 5.97 Å². The first-order valence-corrected chi connectivity index (χ1v) is 4.85. The van der Waals surface area contributed by atoms with E-state index in [0.717, 1.165) is 6.42 Å². The highest BCUT2D eigenvalue weighted by Crippen LogP contribution is 2.61. The third-order valence-corrected chi connectivity index (χ3v) is 4.05. The molecule has 0 amide bonds. The molecule has 1 N–H and O–H groups in total. The highest BCUT2D eigenvalue weighted by atomic mass is 16.4. The highest BCUT2D eigenvalue weighted by Gasteiger charge is 2.55. The summed E-state index contributed by atoms with van der Waals surface area (Å²) in [5.74, 6) is 0.0994. The Labute approximate surface area is 78.6 Å². The summed E-state index contributed by atoms with van der Waals surface area (Å²) in [5.41, 5.74) is 1.49. The van der Waals surface area contributed by atoms with E-state index in [1.165, 1.54) is 5.57 Å². The van der Waals surface area contributed by atoms with E-state index >= 15 is 0 Å². The van der Waals surface area contributed by atoms with Crippen LogP contribution >= 0.6 is 0 Å². The van der Waals surface area contributed by atoms with Gasteiger partial charge in [0.1, 0.15) is 0 Å². The molecule has 0 radical (unpaired) electrons. The number of hydrogen-bond donors (Lipinski definition) is 1. The molecule has 1 saturated carbocycles. The molecule has 1 fully saturated rings. The van der Waals surface area contributed by atoms with Crippen molar-refractivity contribution < 1.29 is 9.90 Å². The molecule has 3 atom stereocenters. The van der Waals surface area contributed by atoms with E-state index in [0.29, 0.717) is 11.8 Å². The zero-order valence-electron chi connectivity index (χ0n) is 8.37. The molecule has 2 nitrogen and oxygen atoms in total. The quantitative estimate of drug-likeness (QED) is 0.629. The Bertz CT molecular complexity index is 288. The van der Waals surface area contributed by atoms with Crippen molar-refractivity contribution in [1.82, 2.24) is 0 Å². The number of allylic oxidation sites excluding steroid dienone is 1. The SMILES string of the molecule is CC1=CC(C(=O)O)[C@@H]2C[C@H]1C2(C)C. The summed E-state index contributed by atoms with van der Waals surface area (Å²) < 4.78 is 0. The molecule has 1 unspecified atom stereocenters. The number of carboxylic acid groups (broad SMARTS) is 1. The number of fused-ring (bicyclic) bond motifs is 1. The maximum absolute atomic E-state index is 11.0. The maximum atomic E-state index is 11.0. The second kappa shape index (κ2) is 2.37. The van der Waals surface area contributed by atoms with Gasteiger partial charge in [-0.25, -0.2) is 0 Å². The fourth-order valence-corrected chi connectivity index (χ4v) is 3.10. The van der Waals surface area contributed by atoms with Gasteiger partial charge < -0.3 is 5.11 Å². The smallest absolute Gasteiger partial charge is 0.310 e. The fourth-order valence-electron chi connectivity index (χ4n) is 3.10. The summed E-state index contributed by atoms with van der Waals surface area (Å²) in [6, 6.07) is 0. The molecule has 2 bridgehead atoms. The van der Waals surface area contributed by atoms with Gasteiger partial charge in [0.25, 0.3) is 0 Å². The number of carbonyl (C=O) groups is 1. The zero-order valence-corrected chi connectivity index (χ0v) is 8.37. The van der Waals surface area contributed by atoms with E-state index in [2.05, 4.69) is 20.8 Å². The zero-order chi connectivity index (χ0) is 9.80. The lowest BCUT2D eigenvalue weighted by atomic mass is 9.46. The van der Waals surface area contributed by atoms with Crippen LogP contribution in [0.4, 0.5) is 0 Å². The average Bonchev–Trinajstić information content (AvgIpc) is 2.02. The Morgan fingerprint density at radius 1 is 1.62 bits per heavy atom. The van der Waals surface area contributed by atoms with Crippen LogP contribution in [0.5, 0.6) is 0 Å². The minimum Gasteiger partial charge on any atom is -0.481 e. The van der Waals surface area contributed by atoms with Crippen LogP contribution in [-0.4, -0.2) is 11.1 Å². The van der Waals surface area contributed by atoms with Crippen molar-refractivity contribution in [3.63, 3.8) is 0 Å². The third-order valence-electron chi connectivity index (χ3n) is 4.05. The molecular weight excluding hydrogens is 164 g/mol. The van der Waals surface area contributed by atoms with Crippen LogP contribution in [0.2, 0.25) is 0 Å². The lowest BCUT2D eigenvalue weighted by Crippen LogP contribution is -2.53. The molecule has 0 aromatic rings. The van der Waals surface area contributed by atoms with E-state index in [9.17, 15) is 4.79 Å². The van der Waals surface area contributed by atoms with Gasteiger partial charge in [-0.2, -0.15) is 0 Å². The summed E-state index contributed by atoms with van der Waals surface area (Å²) in [6.07, 6.45) is 3.03. The van der Waals surface area contributed by atoms with Crippen LogP contribution < -0.4 is 0 Å². The molecule has 0 aromatic carbocycles. The minimum absolute atomic E-state index is 0.210. The van der Waals surface area contributed by atoms with E-state index < -0.39 is 5.97 Å². The van der Waals surface area contributed by atoms with Gasteiger partial charge in [-0.15, -0.1) is 0 Å². The molecule has 0 spiro atoms. The van der Waals surface area contributed by atoms with Crippen molar-refractivity contribution in [1.29, 1.82) is 0 Å². The predicted molar refractivity (Wildman–Crippen MR) is 50.3 cm³/mol. The van der Waals surface area contributed by atoms with Gasteiger partial charge in [0, 0.05) is 0 Å². The van der Waals surface area contributed by atoms with Gasteiger partial charge in [0.2, 0.25) is 0 Å². The van der Waals surface area contributed by atoms with Gasteiger partial charge in [0.15, 0.2) is 0 Å². The van der Waals surface area contributed by atoms with E-state index in [-0.39, 0.29) is 11.3 Å². The number of rotatable bonds is 1. The highest BCUT2D eigenvalue weighted by molar-refractivity contribution is 5.74. The molecule has 3 rings (SSSR count). The Morgan fingerprint density at radius 3 is 2.62 bits per heavy atom. The van der Waals surface area contributed by atoms with Gasteiger partial charge in [-0.3, -0.25) is 4.79 Å². The van der Waals surface area contributed by atoms with Crippen molar-refractivity contribution in [2.24, 2.45) is 23.2 Å². The molecular formula is C11H16O2. The van der Waals surface area contributed by atoms with Crippen molar-refractivity contribution in [2.45, 2.75) is 27.2 Å². The second-order valence-corrected chi connectivity index (χ2v) is 4.99. The topological polar surface area (TPSA) is 37.3 Å². The van der Waals surface area contributed by atoms with Crippen molar-refractivity contribution in [2.75, 3.05) is 0 Å². The Morgan fingerprint density at radius 2 is 2.23 bits per heavy atom. The van der Waals surface area contributed by atoms with E-state index in [1.807, 2.05) is 6.08 Å². The van der Waals surface area contributed by atoms with Crippen LogP contribution in [-0.2, 0) is 4.79 Å². The molecule has 2 heteroatoms. The minimum atomic E-state index is -0.657. The van der Waals surface area contributed by atoms with E-state index in [1.54, 1.807) is 0 Å². The standard InChI is InChI=1S/C11H16O2/c1-6-4-7(10(12)13)9-5-8(6)11(9,2)3/h4,7-9H,5H2,1-3H3,(H,12,13)/t7?,8-,9+/m1/s1. The average molecular weight is 180 g/mol. The van der Waals surface area contributed by atoms with Crippen molar-refractivity contribution in [3.8, 4) is 0 Å². The molecule has 13 heavy (non-hydrogen) atoms. The Kier molecular flexibility index (Phi) is 1.60. The van der Waals surface area contributed by atoms with Crippen LogP contribution in [0.1, 0.15) is 27.2 Å². The first-order valence-electron chi connectivity index (χ1n) is 4.85. The molecule has 0 aromatic heterocycles. The normalized spacial score (nSPS) is 40.5. The number of carboxylic acids is 1. The molecule has 3 aliphatic rings. The third kappa shape index (κ3) is 0.976. The van der Waals surface area contributed by atoms with Crippen molar-refractivity contribution >= 4 is 5.97 Å². The van der Waals surface area contributed by atoms with Gasteiger partial charge in [0.05, 0.1) is 5.92 Å². The Hall–Kier alpha value is -0.790. The predicted octanol–water partition coefficient (Wildman–Crippen LogP) is 2.31. The molecule has 0 heterocycles. The first kappa shape index (κ1) is 8.79. The summed E-state index contributed by atoms with van der Waals surface area (Å²) in [4.78, 5) is 11.0. The largest absolute Gasteiger partial charge is 0.481 e. The molecule has 3 aliphatic carbocycles. The Balaban J connectivity index is 2.35. The van der Waals surface area contributed by atoms with Crippen LogP contribution in [0.25, 0.3) is 0 Å². The monoisotopic (exact) mass is 180 g/mol. The lowest BCUT2D eigenvalue weighted by Gasteiger charge is -2.58. The van der Waals surface area contributed by atoms with Crippen LogP contribution in [0.3, 0.4) is 0 Å². The van der Waals surface area contributed by atoms with Gasteiger partial charge in [-0.1, -0.05) is 25.5 Å². The summed E-state index contributed by atoms with van der Waals surface area (Å²) in [5, 5.41) is 9.04. The molecule has 0 aliphatic heterocycles. The number of aliphatic carboxylic acids is 1. The molecule has 0 saturated heterocycles. The molecule has 72 valence electrons. The maximum Gasteiger partial charge on any atom is 0.310 e. The fraction of sp³-hybridized carbons (Fsp3) is 0.727.